The number of ketones is 2. The Balaban J connectivity index is 2.48. The van der Waals surface area contributed by atoms with E-state index in [1.54, 1.807) is 6.92 Å². The summed E-state index contributed by atoms with van der Waals surface area (Å²) in [7, 11) is 0. The van der Waals surface area contributed by atoms with Crippen molar-refractivity contribution in [3.63, 3.8) is 0 Å². The van der Waals surface area contributed by atoms with Gasteiger partial charge in [0.05, 0.1) is 0 Å². The van der Waals surface area contributed by atoms with Gasteiger partial charge in [-0.2, -0.15) is 0 Å². The summed E-state index contributed by atoms with van der Waals surface area (Å²) in [6.07, 6.45) is 3.29. The van der Waals surface area contributed by atoms with Crippen molar-refractivity contribution in [2.24, 2.45) is 0 Å². The van der Waals surface area contributed by atoms with Crippen LogP contribution in [0.3, 0.4) is 0 Å². The molecule has 0 heterocycles. The molecule has 3 aromatic rings. The van der Waals surface area contributed by atoms with Gasteiger partial charge in [0.2, 0.25) is 0 Å². The van der Waals surface area contributed by atoms with Crippen LogP contribution in [0.2, 0.25) is 0 Å². The van der Waals surface area contributed by atoms with Gasteiger partial charge in [-0.25, -0.2) is 0 Å². The van der Waals surface area contributed by atoms with Crippen molar-refractivity contribution in [3.8, 4) is 0 Å². The molecule has 0 saturated heterocycles. The zero-order valence-corrected chi connectivity index (χ0v) is 19.6. The van der Waals surface area contributed by atoms with Crippen LogP contribution in [-0.2, 0) is 9.59 Å². The van der Waals surface area contributed by atoms with E-state index < -0.39 is 13.1 Å². The van der Waals surface area contributed by atoms with Crippen molar-refractivity contribution in [2.75, 3.05) is 0 Å². The van der Waals surface area contributed by atoms with Gasteiger partial charge in [-0.15, -0.1) is 0 Å². The number of carbonyl (C=O) groups is 2. The van der Waals surface area contributed by atoms with Crippen molar-refractivity contribution in [1.82, 2.24) is 0 Å². The second-order valence-electron chi connectivity index (χ2n) is 7.46. The van der Waals surface area contributed by atoms with E-state index in [1.165, 1.54) is 0 Å². The van der Waals surface area contributed by atoms with Gasteiger partial charge in [-0.3, -0.25) is 0 Å². The van der Waals surface area contributed by atoms with Gasteiger partial charge < -0.3 is 0 Å². The molecule has 2 nitrogen and oxygen atoms in total. The third-order valence-electron chi connectivity index (χ3n) is 5.37. The fraction of sp³-hybridized carbons (Fsp3) is 0.222. The summed E-state index contributed by atoms with van der Waals surface area (Å²) in [6.45, 7) is 3.69. The van der Waals surface area contributed by atoms with E-state index in [0.29, 0.717) is 10.7 Å². The zero-order valence-electron chi connectivity index (χ0n) is 17.8. The van der Waals surface area contributed by atoms with Crippen molar-refractivity contribution in [3.05, 3.63) is 91.0 Å². The van der Waals surface area contributed by atoms with Crippen LogP contribution in [0, 0.1) is 0 Å². The molecule has 0 aliphatic heterocycles. The molecule has 0 bridgehead atoms. The molecule has 30 heavy (non-hydrogen) atoms. The minimum atomic E-state index is -3.52. The monoisotopic (exact) mass is 460 g/mol. The predicted octanol–water partition coefficient (Wildman–Crippen LogP) is 3.65. The Labute approximate surface area is 181 Å². The molecule has 3 aromatic carbocycles. The molecule has 3 heteroatoms. The number of hydrogen-bond donors (Lipinski definition) is 0. The number of carbonyl (C=O) groups excluding carboxylic acids is 2. The van der Waals surface area contributed by atoms with Gasteiger partial charge in [0.15, 0.2) is 0 Å². The number of hydrogen-bond acceptors (Lipinski definition) is 2. The second-order valence-corrected chi connectivity index (χ2v) is 14.5. The molecule has 0 aromatic heterocycles. The van der Waals surface area contributed by atoms with Crippen molar-refractivity contribution < 1.29 is 9.59 Å². The van der Waals surface area contributed by atoms with E-state index >= 15 is 0 Å². The van der Waals surface area contributed by atoms with Crippen molar-refractivity contribution in [1.29, 1.82) is 0 Å². The Morgan fingerprint density at radius 3 is 1.40 bits per heavy atom. The van der Waals surface area contributed by atoms with Crippen LogP contribution >= 0.6 is 0 Å². The van der Waals surface area contributed by atoms with Gasteiger partial charge in [-0.05, 0) is 0 Å². The molecule has 0 aliphatic carbocycles. The maximum atomic E-state index is 13.6. The number of benzene rings is 3. The molecule has 0 amide bonds. The summed E-state index contributed by atoms with van der Waals surface area (Å²) in [4.78, 5) is 26.8. The topological polar surface area (TPSA) is 34.1 Å². The fourth-order valence-electron chi connectivity index (χ4n) is 4.06. The minimum absolute atomic E-state index is 0.0139. The average molecular weight is 460 g/mol. The van der Waals surface area contributed by atoms with E-state index in [1.807, 2.05) is 54.6 Å². The summed E-state index contributed by atoms with van der Waals surface area (Å²) in [5.74, 6) is -0.0828. The van der Waals surface area contributed by atoms with Crippen LogP contribution < -0.4 is 13.1 Å². The van der Waals surface area contributed by atoms with Crippen LogP contribution in [0.1, 0.15) is 39.5 Å². The number of unbranched alkanes of at least 4 members (excludes halogenated alkanes) is 2. The first-order valence-electron chi connectivity index (χ1n) is 10.6. The molecular weight excluding hydrogens is 431 g/mol. The van der Waals surface area contributed by atoms with E-state index in [4.69, 9.17) is 0 Å². The summed E-state index contributed by atoms with van der Waals surface area (Å²) in [6, 6.07) is 30.6. The summed E-state index contributed by atoms with van der Waals surface area (Å²) >= 11 is -3.52. The third-order valence-corrected chi connectivity index (χ3v) is 14.7. The van der Waals surface area contributed by atoms with Gasteiger partial charge in [0, 0.05) is 0 Å². The molecule has 0 N–H and O–H groups in total. The van der Waals surface area contributed by atoms with E-state index in [0.717, 1.165) is 32.3 Å². The van der Waals surface area contributed by atoms with Gasteiger partial charge >= 0.3 is 182 Å². The Kier molecular flexibility index (Phi) is 7.71. The first-order valence-corrected chi connectivity index (χ1v) is 14.3. The van der Waals surface area contributed by atoms with E-state index in [-0.39, 0.29) is 11.6 Å². The van der Waals surface area contributed by atoms with Crippen LogP contribution in [0.5, 0.6) is 0 Å². The number of rotatable bonds is 9. The van der Waals surface area contributed by atoms with Crippen LogP contribution in [0.25, 0.3) is 0 Å². The summed E-state index contributed by atoms with van der Waals surface area (Å²) in [5, 5.41) is 0. The Morgan fingerprint density at radius 2 is 1.07 bits per heavy atom. The van der Waals surface area contributed by atoms with Crippen LogP contribution in [0.4, 0.5) is 0 Å². The van der Waals surface area contributed by atoms with E-state index in [9.17, 15) is 9.59 Å². The van der Waals surface area contributed by atoms with Gasteiger partial charge in [0.25, 0.3) is 0 Å². The van der Waals surface area contributed by atoms with Crippen molar-refractivity contribution >= 4 is 42.0 Å². The average Bonchev–Trinajstić information content (AvgIpc) is 2.79. The molecule has 0 unspecified atom stereocenters. The quantitative estimate of drug-likeness (QED) is 0.278. The Bertz CT molecular complexity index is 935. The third kappa shape index (κ3) is 4.44. The second kappa shape index (κ2) is 10.5. The summed E-state index contributed by atoms with van der Waals surface area (Å²) in [5.41, 5.74) is 0. The number of Topliss-reactive ketones (excluding diaryl/α,β-unsaturated/α-hetero) is 2. The Morgan fingerprint density at radius 1 is 0.667 bits per heavy atom. The van der Waals surface area contributed by atoms with Gasteiger partial charge in [0.1, 0.15) is 0 Å². The molecule has 0 saturated carbocycles. The van der Waals surface area contributed by atoms with E-state index in [2.05, 4.69) is 43.3 Å². The molecule has 0 radical (unpaired) electrons. The first-order chi connectivity index (χ1) is 14.6. The maximum absolute atomic E-state index is 13.6. The summed E-state index contributed by atoms with van der Waals surface area (Å²) < 4.78 is 3.82. The van der Waals surface area contributed by atoms with Crippen molar-refractivity contribution in [2.45, 2.75) is 39.5 Å². The predicted molar refractivity (Wildman–Crippen MR) is 129 cm³/mol. The normalized spacial score (nSPS) is 11.1. The standard InChI is InChI=1S/C27H29AsO2/c1-3-4-8-21-26(30)27(22(2)29)28(23-15-9-5-10-16-23,24-17-11-6-12-18-24)25-19-13-7-14-20-25/h5-7,9-20H,3-4,8,21H2,1-2H3. The molecule has 154 valence electrons. The van der Waals surface area contributed by atoms with Crippen LogP contribution in [-0.4, -0.2) is 29.0 Å². The zero-order chi connectivity index (χ0) is 21.4. The molecule has 0 spiro atoms. The molecular formula is C27H29AsO2. The molecule has 3 rings (SSSR count). The first kappa shape index (κ1) is 22.1. The SMILES string of the molecule is CCCCCC(=O)C(C(C)=O)=[As](c1ccccc1)(c1ccccc1)c1ccccc1. The fourth-order valence-corrected chi connectivity index (χ4v) is 13.5. The van der Waals surface area contributed by atoms with Crippen LogP contribution in [0.15, 0.2) is 91.0 Å². The Hall–Kier alpha value is -2.57. The molecule has 0 atom stereocenters. The molecule has 0 aliphatic rings. The van der Waals surface area contributed by atoms with Gasteiger partial charge in [-0.1, -0.05) is 0 Å². The molecule has 0 fully saturated rings.